The van der Waals surface area contributed by atoms with Gasteiger partial charge in [-0.05, 0) is 60.7 Å². The van der Waals surface area contributed by atoms with Crippen LogP contribution < -0.4 is 4.74 Å². The predicted molar refractivity (Wildman–Crippen MR) is 114 cm³/mol. The number of carbonyl (C=O) groups is 1. The summed E-state index contributed by atoms with van der Waals surface area (Å²) in [5.41, 5.74) is 3.39. The summed E-state index contributed by atoms with van der Waals surface area (Å²) in [5.74, 6) is 1.57. The molecule has 4 nitrogen and oxygen atoms in total. The quantitative estimate of drug-likeness (QED) is 0.721. The lowest BCUT2D eigenvalue weighted by Gasteiger charge is -2.34. The van der Waals surface area contributed by atoms with Crippen LogP contribution in [0.25, 0.3) is 0 Å². The molecule has 28 heavy (non-hydrogen) atoms. The number of ether oxygens (including phenoxy) is 1. The Kier molecular flexibility index (Phi) is 7.10. The van der Waals surface area contributed by atoms with E-state index in [2.05, 4.69) is 43.0 Å². The lowest BCUT2D eigenvalue weighted by atomic mass is 10.0. The van der Waals surface area contributed by atoms with Gasteiger partial charge in [0.25, 0.3) is 5.91 Å². The number of benzene rings is 2. The lowest BCUT2D eigenvalue weighted by Crippen LogP contribution is -2.48. The molecule has 0 bridgehead atoms. The van der Waals surface area contributed by atoms with Crippen LogP contribution in [0.5, 0.6) is 5.75 Å². The van der Waals surface area contributed by atoms with Crippen molar-refractivity contribution in [1.29, 1.82) is 0 Å². The highest BCUT2D eigenvalue weighted by Crippen LogP contribution is 2.17. The number of rotatable bonds is 7. The number of hydrogen-bond donors (Lipinski definition) is 0. The van der Waals surface area contributed by atoms with Crippen molar-refractivity contribution in [3.05, 3.63) is 65.2 Å². The Labute approximate surface area is 169 Å². The fraction of sp³-hybridized carbons (Fsp3) is 0.458. The summed E-state index contributed by atoms with van der Waals surface area (Å²) in [6.07, 6.45) is 2.18. The summed E-state index contributed by atoms with van der Waals surface area (Å²) < 4.78 is 5.29. The number of aryl methyl sites for hydroxylation is 1. The first-order chi connectivity index (χ1) is 13.6. The number of nitrogens with zero attached hydrogens (tertiary/aromatic N) is 2. The van der Waals surface area contributed by atoms with E-state index < -0.39 is 0 Å². The molecular formula is C24H32N2O2. The second kappa shape index (κ2) is 9.74. The monoisotopic (exact) mass is 380 g/mol. The third-order valence-electron chi connectivity index (χ3n) is 5.56. The van der Waals surface area contributed by atoms with Gasteiger partial charge in [-0.25, -0.2) is 0 Å². The van der Waals surface area contributed by atoms with Gasteiger partial charge in [-0.1, -0.05) is 38.1 Å². The average molecular weight is 381 g/mol. The maximum absolute atomic E-state index is 12.7. The highest BCUT2D eigenvalue weighted by atomic mass is 16.5. The molecule has 0 spiro atoms. The van der Waals surface area contributed by atoms with Crippen LogP contribution in [0.3, 0.4) is 0 Å². The minimum atomic E-state index is 0.159. The summed E-state index contributed by atoms with van der Waals surface area (Å²) in [6.45, 7) is 8.94. The molecule has 1 amide bonds. The largest absolute Gasteiger partial charge is 0.497 e. The van der Waals surface area contributed by atoms with Crippen molar-refractivity contribution in [2.24, 2.45) is 0 Å². The second-order valence-electron chi connectivity index (χ2n) is 7.87. The summed E-state index contributed by atoms with van der Waals surface area (Å²) >= 11 is 0. The first-order valence-electron chi connectivity index (χ1n) is 10.3. The van der Waals surface area contributed by atoms with Gasteiger partial charge in [0.15, 0.2) is 0 Å². The molecule has 3 rings (SSSR count). The van der Waals surface area contributed by atoms with Crippen molar-refractivity contribution in [3.8, 4) is 5.75 Å². The van der Waals surface area contributed by atoms with Gasteiger partial charge in [-0.15, -0.1) is 0 Å². The van der Waals surface area contributed by atoms with Gasteiger partial charge in [-0.3, -0.25) is 9.69 Å². The number of carbonyl (C=O) groups excluding carboxylic acids is 1. The smallest absolute Gasteiger partial charge is 0.253 e. The van der Waals surface area contributed by atoms with Crippen molar-refractivity contribution in [1.82, 2.24) is 9.80 Å². The molecule has 0 atom stereocenters. The fourth-order valence-electron chi connectivity index (χ4n) is 3.70. The van der Waals surface area contributed by atoms with E-state index in [0.717, 1.165) is 56.9 Å². The van der Waals surface area contributed by atoms with Crippen LogP contribution >= 0.6 is 0 Å². The summed E-state index contributed by atoms with van der Waals surface area (Å²) in [5, 5.41) is 0. The van der Waals surface area contributed by atoms with Gasteiger partial charge in [0, 0.05) is 31.7 Å². The Bertz CT molecular complexity index is 762. The second-order valence-corrected chi connectivity index (χ2v) is 7.87. The summed E-state index contributed by atoms with van der Waals surface area (Å²) in [4.78, 5) is 17.2. The Balaban J connectivity index is 1.43. The maximum Gasteiger partial charge on any atom is 0.253 e. The average Bonchev–Trinajstić information content (AvgIpc) is 2.74. The molecule has 150 valence electrons. The Hall–Kier alpha value is -2.33. The number of piperazine rings is 1. The van der Waals surface area contributed by atoms with Crippen LogP contribution in [0.15, 0.2) is 48.5 Å². The zero-order valence-electron chi connectivity index (χ0n) is 17.4. The molecule has 1 aliphatic heterocycles. The molecule has 1 aliphatic rings. The van der Waals surface area contributed by atoms with Crippen LogP contribution in [0, 0.1) is 0 Å². The van der Waals surface area contributed by atoms with Gasteiger partial charge in [0.2, 0.25) is 0 Å². The van der Waals surface area contributed by atoms with Crippen molar-refractivity contribution in [3.63, 3.8) is 0 Å². The number of hydrogen-bond acceptors (Lipinski definition) is 3. The molecule has 2 aromatic carbocycles. The van der Waals surface area contributed by atoms with Gasteiger partial charge < -0.3 is 9.64 Å². The lowest BCUT2D eigenvalue weighted by molar-refractivity contribution is 0.0636. The van der Waals surface area contributed by atoms with Crippen LogP contribution in [-0.2, 0) is 6.42 Å². The highest BCUT2D eigenvalue weighted by Gasteiger charge is 2.21. The SMILES string of the molecule is COc1cccc(CCCN2CCN(C(=O)c3ccc(C(C)C)cc3)CC2)c1. The third-order valence-corrected chi connectivity index (χ3v) is 5.56. The van der Waals surface area contributed by atoms with Crippen molar-refractivity contribution in [2.75, 3.05) is 39.8 Å². The van der Waals surface area contributed by atoms with Crippen LogP contribution in [0.4, 0.5) is 0 Å². The third kappa shape index (κ3) is 5.35. The van der Waals surface area contributed by atoms with Crippen LogP contribution in [-0.4, -0.2) is 55.5 Å². The van der Waals surface area contributed by atoms with E-state index >= 15 is 0 Å². The van der Waals surface area contributed by atoms with E-state index in [1.54, 1.807) is 7.11 Å². The van der Waals surface area contributed by atoms with Gasteiger partial charge in [0.05, 0.1) is 7.11 Å². The van der Waals surface area contributed by atoms with Gasteiger partial charge >= 0.3 is 0 Å². The van der Waals surface area contributed by atoms with E-state index in [0.29, 0.717) is 5.92 Å². The summed E-state index contributed by atoms with van der Waals surface area (Å²) in [7, 11) is 1.71. The van der Waals surface area contributed by atoms with Crippen molar-refractivity contribution < 1.29 is 9.53 Å². The minimum absolute atomic E-state index is 0.159. The highest BCUT2D eigenvalue weighted by molar-refractivity contribution is 5.94. The number of methoxy groups -OCH3 is 1. The van der Waals surface area contributed by atoms with Gasteiger partial charge in [0.1, 0.15) is 5.75 Å². The zero-order valence-corrected chi connectivity index (χ0v) is 17.4. The molecule has 0 aromatic heterocycles. The van der Waals surface area contributed by atoms with E-state index in [-0.39, 0.29) is 5.91 Å². The molecule has 1 saturated heterocycles. The van der Waals surface area contributed by atoms with E-state index in [1.165, 1.54) is 11.1 Å². The standard InChI is InChI=1S/C24H32N2O2/c1-19(2)21-9-11-22(12-10-21)24(27)26-16-14-25(15-17-26)13-5-7-20-6-4-8-23(18-20)28-3/h4,6,8-12,18-19H,5,7,13-17H2,1-3H3. The molecule has 0 radical (unpaired) electrons. The molecule has 0 N–H and O–H groups in total. The number of amides is 1. The minimum Gasteiger partial charge on any atom is -0.497 e. The Morgan fingerprint density at radius 2 is 1.75 bits per heavy atom. The summed E-state index contributed by atoms with van der Waals surface area (Å²) in [6, 6.07) is 16.4. The molecule has 0 saturated carbocycles. The van der Waals surface area contributed by atoms with Gasteiger partial charge in [-0.2, -0.15) is 0 Å². The molecular weight excluding hydrogens is 348 g/mol. The normalized spacial score (nSPS) is 15.1. The maximum atomic E-state index is 12.7. The topological polar surface area (TPSA) is 32.8 Å². The van der Waals surface area contributed by atoms with Crippen molar-refractivity contribution in [2.45, 2.75) is 32.6 Å². The van der Waals surface area contributed by atoms with E-state index in [9.17, 15) is 4.79 Å². The molecule has 0 unspecified atom stereocenters. The van der Waals surface area contributed by atoms with Crippen molar-refractivity contribution >= 4 is 5.91 Å². The van der Waals surface area contributed by atoms with Crippen LogP contribution in [0.2, 0.25) is 0 Å². The predicted octanol–water partition coefficient (Wildman–Crippen LogP) is 4.21. The van der Waals surface area contributed by atoms with Crippen LogP contribution in [0.1, 0.15) is 47.7 Å². The first kappa shape index (κ1) is 20.4. The molecule has 1 heterocycles. The fourth-order valence-corrected chi connectivity index (χ4v) is 3.70. The molecule has 2 aromatic rings. The Morgan fingerprint density at radius 1 is 1.04 bits per heavy atom. The van der Waals surface area contributed by atoms with E-state index in [1.807, 2.05) is 29.2 Å². The van der Waals surface area contributed by atoms with E-state index in [4.69, 9.17) is 4.74 Å². The zero-order chi connectivity index (χ0) is 19.9. The first-order valence-corrected chi connectivity index (χ1v) is 10.3. The molecule has 4 heteroatoms. The molecule has 0 aliphatic carbocycles. The Morgan fingerprint density at radius 3 is 2.39 bits per heavy atom. The molecule has 1 fully saturated rings.